The summed E-state index contributed by atoms with van der Waals surface area (Å²) in [6, 6.07) is 11.6. The molecule has 0 aliphatic heterocycles. The molecule has 0 unspecified atom stereocenters. The summed E-state index contributed by atoms with van der Waals surface area (Å²) in [6.07, 6.45) is 6.30. The first-order valence-corrected chi connectivity index (χ1v) is 9.29. The lowest BCUT2D eigenvalue weighted by Gasteiger charge is -2.08. The van der Waals surface area contributed by atoms with Crippen LogP contribution in [0.25, 0.3) is 0 Å². The third kappa shape index (κ3) is 4.52. The zero-order valence-electron chi connectivity index (χ0n) is 13.7. The number of aromatic hydroxyl groups is 1. The smallest absolute Gasteiger partial charge is 0.339 e. The van der Waals surface area contributed by atoms with Crippen molar-refractivity contribution in [3.8, 4) is 11.5 Å². The summed E-state index contributed by atoms with van der Waals surface area (Å²) in [6.45, 7) is 0. The summed E-state index contributed by atoms with van der Waals surface area (Å²) in [5, 5.41) is 18.6. The molecule has 6 nitrogen and oxygen atoms in total. The molecule has 0 fully saturated rings. The molecule has 26 heavy (non-hydrogen) atoms. The van der Waals surface area contributed by atoms with Gasteiger partial charge in [0.05, 0.1) is 5.76 Å². The van der Waals surface area contributed by atoms with Crippen LogP contribution in [-0.4, -0.2) is 24.8 Å². The van der Waals surface area contributed by atoms with Crippen molar-refractivity contribution in [2.45, 2.75) is 17.7 Å². The van der Waals surface area contributed by atoms with E-state index in [1.165, 1.54) is 24.3 Å². The topological polar surface area (TPSA) is 96.2 Å². The molecular weight excluding hydrogens is 354 g/mol. The van der Waals surface area contributed by atoms with E-state index in [0.29, 0.717) is 18.6 Å². The fourth-order valence-corrected chi connectivity index (χ4v) is 3.21. The third-order valence-corrected chi connectivity index (χ3v) is 4.96. The molecular formula is C19H17NO5S. The molecule has 1 aliphatic carbocycles. The van der Waals surface area contributed by atoms with Crippen molar-refractivity contribution in [2.75, 3.05) is 0 Å². The van der Waals surface area contributed by atoms with Crippen LogP contribution in [0.4, 0.5) is 0 Å². The van der Waals surface area contributed by atoms with E-state index in [9.17, 15) is 18.6 Å². The van der Waals surface area contributed by atoms with Gasteiger partial charge in [0.1, 0.15) is 16.4 Å². The van der Waals surface area contributed by atoms with Crippen molar-refractivity contribution < 1.29 is 22.8 Å². The zero-order chi connectivity index (χ0) is 18.6. The van der Waals surface area contributed by atoms with Crippen molar-refractivity contribution in [3.63, 3.8) is 0 Å². The van der Waals surface area contributed by atoms with Gasteiger partial charge < -0.3 is 14.4 Å². The summed E-state index contributed by atoms with van der Waals surface area (Å²) in [7, 11) is -3.96. The summed E-state index contributed by atoms with van der Waals surface area (Å²) in [5.41, 5.74) is 1.65. The lowest BCUT2D eigenvalue weighted by molar-refractivity contribution is 0.385. The molecule has 1 aliphatic rings. The van der Waals surface area contributed by atoms with Gasteiger partial charge in [0.2, 0.25) is 0 Å². The number of aliphatic imine (C=N–C) groups is 1. The molecule has 0 aromatic heterocycles. The van der Waals surface area contributed by atoms with Gasteiger partial charge in [-0.25, -0.2) is 0 Å². The van der Waals surface area contributed by atoms with E-state index in [-0.39, 0.29) is 16.4 Å². The number of hydrogen-bond acceptors (Lipinski definition) is 6. The highest BCUT2D eigenvalue weighted by molar-refractivity contribution is 7.87. The van der Waals surface area contributed by atoms with Gasteiger partial charge in [0.25, 0.3) is 0 Å². The minimum Gasteiger partial charge on any atom is -0.512 e. The first kappa shape index (κ1) is 17.8. The summed E-state index contributed by atoms with van der Waals surface area (Å²) in [5.74, 6) is 0.506. The van der Waals surface area contributed by atoms with Crippen LogP contribution in [0.5, 0.6) is 11.5 Å². The van der Waals surface area contributed by atoms with Gasteiger partial charge in [0.15, 0.2) is 0 Å². The standard InChI is InChI=1S/C19H17NO5S/c21-16-5-3-15(4-6-16)20-13-14-1-9-18(10-2-14)25-26(23,24)19-11-7-17(22)8-12-19/h1-3,5,7-13,21-22H,4,6H2. The molecule has 2 aromatic carbocycles. The van der Waals surface area contributed by atoms with Crippen molar-refractivity contribution in [2.24, 2.45) is 4.99 Å². The Kier molecular flexibility index (Phi) is 5.09. The van der Waals surface area contributed by atoms with Crippen LogP contribution in [0, 0.1) is 0 Å². The molecule has 2 N–H and O–H groups in total. The molecule has 0 saturated heterocycles. The maximum Gasteiger partial charge on any atom is 0.339 e. The Morgan fingerprint density at radius 3 is 2.23 bits per heavy atom. The van der Waals surface area contributed by atoms with Gasteiger partial charge in [-0.15, -0.1) is 0 Å². The van der Waals surface area contributed by atoms with Crippen LogP contribution in [0.1, 0.15) is 18.4 Å². The average Bonchev–Trinajstić information content (AvgIpc) is 2.62. The second-order valence-corrected chi connectivity index (χ2v) is 7.22. The number of hydrogen-bond donors (Lipinski definition) is 2. The largest absolute Gasteiger partial charge is 0.512 e. The van der Waals surface area contributed by atoms with E-state index in [4.69, 9.17) is 4.18 Å². The first-order chi connectivity index (χ1) is 12.4. The fraction of sp³-hybridized carbons (Fsp3) is 0.105. The van der Waals surface area contributed by atoms with Crippen LogP contribution in [0.2, 0.25) is 0 Å². The number of aliphatic hydroxyl groups is 1. The molecule has 134 valence electrons. The van der Waals surface area contributed by atoms with Gasteiger partial charge in [-0.3, -0.25) is 4.99 Å². The van der Waals surface area contributed by atoms with Crippen LogP contribution in [-0.2, 0) is 10.1 Å². The molecule has 0 heterocycles. The van der Waals surface area contributed by atoms with Crippen LogP contribution >= 0.6 is 0 Å². The van der Waals surface area contributed by atoms with E-state index in [2.05, 4.69) is 4.99 Å². The van der Waals surface area contributed by atoms with Crippen LogP contribution in [0.15, 0.2) is 82.0 Å². The fourth-order valence-electron chi connectivity index (χ4n) is 2.28. The van der Waals surface area contributed by atoms with Gasteiger partial charge in [0, 0.05) is 18.3 Å². The second-order valence-electron chi connectivity index (χ2n) is 5.67. The number of rotatable bonds is 5. The molecule has 0 amide bonds. The monoisotopic (exact) mass is 371 g/mol. The molecule has 0 spiro atoms. The number of nitrogens with zero attached hydrogens (tertiary/aromatic N) is 1. The molecule has 0 saturated carbocycles. The lowest BCUT2D eigenvalue weighted by atomic mass is 10.1. The molecule has 0 bridgehead atoms. The van der Waals surface area contributed by atoms with Gasteiger partial charge in [-0.1, -0.05) is 0 Å². The summed E-state index contributed by atoms with van der Waals surface area (Å²) >= 11 is 0. The van der Waals surface area contributed by atoms with E-state index in [0.717, 1.165) is 11.3 Å². The van der Waals surface area contributed by atoms with Gasteiger partial charge >= 0.3 is 10.1 Å². The minimum absolute atomic E-state index is 0.0219. The Morgan fingerprint density at radius 1 is 0.923 bits per heavy atom. The molecule has 3 rings (SSSR count). The number of phenolic OH excluding ortho intramolecular Hbond substituents is 1. The Bertz CT molecular complexity index is 972. The van der Waals surface area contributed by atoms with E-state index in [1.807, 2.05) is 0 Å². The van der Waals surface area contributed by atoms with Crippen molar-refractivity contribution in [1.29, 1.82) is 0 Å². The van der Waals surface area contributed by atoms with Crippen LogP contribution in [0.3, 0.4) is 0 Å². The highest BCUT2D eigenvalue weighted by Gasteiger charge is 2.16. The number of benzene rings is 2. The van der Waals surface area contributed by atoms with Crippen molar-refractivity contribution >= 4 is 16.3 Å². The normalized spacial score (nSPS) is 14.8. The van der Waals surface area contributed by atoms with E-state index < -0.39 is 10.1 Å². The second kappa shape index (κ2) is 7.45. The molecule has 7 heteroatoms. The maximum atomic E-state index is 12.2. The lowest BCUT2D eigenvalue weighted by Crippen LogP contribution is -2.09. The van der Waals surface area contributed by atoms with Crippen molar-refractivity contribution in [1.82, 2.24) is 0 Å². The third-order valence-electron chi connectivity index (χ3n) is 3.70. The highest BCUT2D eigenvalue weighted by atomic mass is 32.2. The Labute approximate surface area is 151 Å². The summed E-state index contributed by atoms with van der Waals surface area (Å²) < 4.78 is 29.5. The summed E-state index contributed by atoms with van der Waals surface area (Å²) in [4.78, 5) is 4.31. The Hall–Kier alpha value is -3.06. The number of allylic oxidation sites excluding steroid dienone is 4. The molecule has 2 aromatic rings. The maximum absolute atomic E-state index is 12.2. The molecule has 0 atom stereocenters. The van der Waals surface area contributed by atoms with Gasteiger partial charge in [-0.2, -0.15) is 8.42 Å². The van der Waals surface area contributed by atoms with Crippen molar-refractivity contribution in [3.05, 3.63) is 77.7 Å². The average molecular weight is 371 g/mol. The predicted molar refractivity (Wildman–Crippen MR) is 98.0 cm³/mol. The SMILES string of the molecule is O=S(=O)(Oc1ccc(C=NC2=CC=C(O)CC2)cc1)c1ccc(O)cc1. The van der Waals surface area contributed by atoms with Gasteiger partial charge in [-0.05, 0) is 72.7 Å². The minimum atomic E-state index is -3.96. The van der Waals surface area contributed by atoms with Crippen LogP contribution < -0.4 is 4.18 Å². The number of aliphatic hydroxyl groups excluding tert-OH is 1. The first-order valence-electron chi connectivity index (χ1n) is 7.89. The van der Waals surface area contributed by atoms with E-state index in [1.54, 1.807) is 42.6 Å². The highest BCUT2D eigenvalue weighted by Crippen LogP contribution is 2.21. The van der Waals surface area contributed by atoms with E-state index >= 15 is 0 Å². The predicted octanol–water partition coefficient (Wildman–Crippen LogP) is 3.70. The molecule has 0 radical (unpaired) electrons. The Balaban J connectivity index is 1.69. The zero-order valence-corrected chi connectivity index (χ0v) is 14.6. The number of phenols is 1. The quantitative estimate of drug-likeness (QED) is 0.617. The Morgan fingerprint density at radius 2 is 1.62 bits per heavy atom.